The van der Waals surface area contributed by atoms with Crippen LogP contribution in [-0.4, -0.2) is 28.4 Å². The second-order valence-corrected chi connectivity index (χ2v) is 4.65. The van der Waals surface area contributed by atoms with Crippen LogP contribution in [0.3, 0.4) is 0 Å². The van der Waals surface area contributed by atoms with Gasteiger partial charge >= 0.3 is 5.97 Å². The first kappa shape index (κ1) is 9.72. The van der Waals surface area contributed by atoms with Gasteiger partial charge in [0.05, 0.1) is 23.7 Å². The topological polar surface area (TPSA) is 44.1 Å². The van der Waals surface area contributed by atoms with Crippen LogP contribution in [0.5, 0.6) is 0 Å². The molecule has 1 aliphatic rings. The zero-order valence-corrected chi connectivity index (χ0v) is 9.58. The molecule has 2 heterocycles. The minimum absolute atomic E-state index is 0.317. The third-order valence-corrected chi connectivity index (χ3v) is 3.64. The Hall–Kier alpha value is -1.49. The number of esters is 1. The summed E-state index contributed by atoms with van der Waals surface area (Å²) in [5.74, 6) is 0.763. The van der Waals surface area contributed by atoms with Crippen molar-refractivity contribution in [3.8, 4) is 0 Å². The molecule has 2 aromatic rings. The van der Waals surface area contributed by atoms with E-state index in [4.69, 9.17) is 0 Å². The molecule has 1 aliphatic heterocycles. The van der Waals surface area contributed by atoms with Crippen LogP contribution in [0.25, 0.3) is 11.0 Å². The second-order valence-electron chi connectivity index (χ2n) is 3.59. The molecule has 0 fully saturated rings. The molecule has 0 amide bonds. The molecule has 0 saturated carbocycles. The summed E-state index contributed by atoms with van der Waals surface area (Å²) in [5.41, 5.74) is 2.51. The smallest absolute Gasteiger partial charge is 0.337 e. The van der Waals surface area contributed by atoms with Crippen molar-refractivity contribution in [3.05, 3.63) is 23.8 Å². The minimum Gasteiger partial charge on any atom is -0.465 e. The minimum atomic E-state index is -0.317. The number of ether oxygens (including phenoxy) is 1. The first-order valence-corrected chi connectivity index (χ1v) is 5.99. The van der Waals surface area contributed by atoms with E-state index in [0.29, 0.717) is 5.56 Å². The van der Waals surface area contributed by atoms with E-state index in [9.17, 15) is 4.79 Å². The molecule has 3 rings (SSSR count). The van der Waals surface area contributed by atoms with E-state index in [1.807, 2.05) is 6.07 Å². The molecule has 0 bridgehead atoms. The first-order valence-electron chi connectivity index (χ1n) is 5.01. The number of methoxy groups -OCH3 is 1. The molecule has 5 heteroatoms. The molecule has 16 heavy (non-hydrogen) atoms. The van der Waals surface area contributed by atoms with Gasteiger partial charge in [0.2, 0.25) is 0 Å². The lowest BCUT2D eigenvalue weighted by atomic mass is 10.2. The van der Waals surface area contributed by atoms with Crippen molar-refractivity contribution < 1.29 is 9.53 Å². The number of thioether (sulfide) groups is 1. The number of carbonyl (C=O) groups is 1. The first-order chi connectivity index (χ1) is 7.79. The van der Waals surface area contributed by atoms with Crippen molar-refractivity contribution in [1.29, 1.82) is 0 Å². The molecule has 0 spiro atoms. The normalized spacial score (nSPS) is 14.1. The summed E-state index contributed by atoms with van der Waals surface area (Å²) in [7, 11) is 1.38. The number of aromatic nitrogens is 2. The average Bonchev–Trinajstić information content (AvgIpc) is 2.86. The summed E-state index contributed by atoms with van der Waals surface area (Å²) < 4.78 is 6.87. The number of carbonyl (C=O) groups excluding carboxylic acids is 1. The lowest BCUT2D eigenvalue weighted by Gasteiger charge is -2.00. The van der Waals surface area contributed by atoms with Gasteiger partial charge in [0.25, 0.3) is 0 Å². The van der Waals surface area contributed by atoms with Crippen LogP contribution in [0, 0.1) is 0 Å². The molecule has 0 N–H and O–H groups in total. The van der Waals surface area contributed by atoms with Crippen molar-refractivity contribution in [2.24, 2.45) is 0 Å². The highest BCUT2D eigenvalue weighted by atomic mass is 32.2. The van der Waals surface area contributed by atoms with Gasteiger partial charge in [-0.3, -0.25) is 0 Å². The molecular formula is C11H10N2O2S. The van der Waals surface area contributed by atoms with Crippen LogP contribution in [0.4, 0.5) is 0 Å². The van der Waals surface area contributed by atoms with E-state index in [0.717, 1.165) is 28.5 Å². The van der Waals surface area contributed by atoms with Crippen molar-refractivity contribution in [3.63, 3.8) is 0 Å². The Morgan fingerprint density at radius 1 is 1.56 bits per heavy atom. The Kier molecular flexibility index (Phi) is 2.14. The monoisotopic (exact) mass is 234 g/mol. The van der Waals surface area contributed by atoms with Gasteiger partial charge in [-0.05, 0) is 18.2 Å². The molecule has 1 aromatic carbocycles. The lowest BCUT2D eigenvalue weighted by Crippen LogP contribution is -2.01. The fraction of sp³-hybridized carbons (Fsp3) is 0.273. The summed E-state index contributed by atoms with van der Waals surface area (Å²) in [6.07, 6.45) is 0. The number of hydrogen-bond acceptors (Lipinski definition) is 4. The Morgan fingerprint density at radius 3 is 3.25 bits per heavy atom. The molecule has 0 atom stereocenters. The summed E-state index contributed by atoms with van der Waals surface area (Å²) in [6, 6.07) is 5.50. The van der Waals surface area contributed by atoms with Crippen LogP contribution in [0.2, 0.25) is 0 Å². The Balaban J connectivity index is 2.16. The van der Waals surface area contributed by atoms with Crippen molar-refractivity contribution in [2.75, 3.05) is 12.9 Å². The molecule has 82 valence electrons. The number of benzene rings is 1. The number of aryl methyl sites for hydroxylation is 1. The highest BCUT2D eigenvalue weighted by Gasteiger charge is 2.17. The highest BCUT2D eigenvalue weighted by molar-refractivity contribution is 7.99. The van der Waals surface area contributed by atoms with E-state index in [1.165, 1.54) is 7.11 Å². The molecular weight excluding hydrogens is 224 g/mol. The van der Waals surface area contributed by atoms with Crippen LogP contribution in [0.15, 0.2) is 23.4 Å². The Bertz CT molecular complexity index is 577. The Labute approximate surface area is 96.6 Å². The average molecular weight is 234 g/mol. The maximum atomic E-state index is 11.4. The largest absolute Gasteiger partial charge is 0.465 e. The van der Waals surface area contributed by atoms with E-state index >= 15 is 0 Å². The summed E-state index contributed by atoms with van der Waals surface area (Å²) in [6.45, 7) is 0.994. The fourth-order valence-corrected chi connectivity index (χ4v) is 2.87. The zero-order valence-electron chi connectivity index (χ0n) is 8.77. The summed E-state index contributed by atoms with van der Waals surface area (Å²) in [5, 5.41) is 1.04. The molecule has 1 aromatic heterocycles. The van der Waals surface area contributed by atoms with Gasteiger partial charge in [0.15, 0.2) is 5.16 Å². The molecule has 0 unspecified atom stereocenters. The van der Waals surface area contributed by atoms with Crippen LogP contribution < -0.4 is 0 Å². The maximum absolute atomic E-state index is 11.4. The molecule has 4 nitrogen and oxygen atoms in total. The van der Waals surface area contributed by atoms with Gasteiger partial charge in [-0.15, -0.1) is 0 Å². The van der Waals surface area contributed by atoms with E-state index < -0.39 is 0 Å². The summed E-state index contributed by atoms with van der Waals surface area (Å²) >= 11 is 1.75. The number of imidazole rings is 1. The van der Waals surface area contributed by atoms with Crippen LogP contribution >= 0.6 is 11.8 Å². The predicted octanol–water partition coefficient (Wildman–Crippen LogP) is 1.93. The van der Waals surface area contributed by atoms with Crippen molar-refractivity contribution in [1.82, 2.24) is 9.55 Å². The molecule has 0 aliphatic carbocycles. The van der Waals surface area contributed by atoms with Crippen molar-refractivity contribution >= 4 is 28.8 Å². The Morgan fingerprint density at radius 2 is 2.44 bits per heavy atom. The third-order valence-electron chi connectivity index (χ3n) is 2.68. The highest BCUT2D eigenvalue weighted by Crippen LogP contribution is 2.30. The molecule has 0 saturated heterocycles. The standard InChI is InChI=1S/C11H10N2O2S/c1-15-10(14)7-2-3-9-8(6-7)12-11-13(9)4-5-16-11/h2-3,6H,4-5H2,1H3. The van der Waals surface area contributed by atoms with E-state index in [-0.39, 0.29) is 5.97 Å². The van der Waals surface area contributed by atoms with E-state index in [2.05, 4.69) is 14.3 Å². The number of rotatable bonds is 1. The van der Waals surface area contributed by atoms with Gasteiger partial charge in [-0.2, -0.15) is 0 Å². The van der Waals surface area contributed by atoms with Gasteiger partial charge in [-0.1, -0.05) is 11.8 Å². The second kappa shape index (κ2) is 3.52. The van der Waals surface area contributed by atoms with E-state index in [1.54, 1.807) is 23.9 Å². The van der Waals surface area contributed by atoms with Gasteiger partial charge in [0, 0.05) is 12.3 Å². The SMILES string of the molecule is COC(=O)c1ccc2c(c1)nc1n2CCS1. The predicted molar refractivity (Wildman–Crippen MR) is 61.8 cm³/mol. The fourth-order valence-electron chi connectivity index (χ4n) is 1.91. The van der Waals surface area contributed by atoms with Crippen LogP contribution in [0.1, 0.15) is 10.4 Å². The van der Waals surface area contributed by atoms with Crippen molar-refractivity contribution in [2.45, 2.75) is 11.7 Å². The van der Waals surface area contributed by atoms with Gasteiger partial charge < -0.3 is 9.30 Å². The zero-order chi connectivity index (χ0) is 11.1. The van der Waals surface area contributed by atoms with Gasteiger partial charge in [0.1, 0.15) is 0 Å². The number of hydrogen-bond donors (Lipinski definition) is 0. The number of nitrogens with zero attached hydrogens (tertiary/aromatic N) is 2. The summed E-state index contributed by atoms with van der Waals surface area (Å²) in [4.78, 5) is 15.9. The molecule has 0 radical (unpaired) electrons. The quantitative estimate of drug-likeness (QED) is 0.707. The number of fused-ring (bicyclic) bond motifs is 3. The third kappa shape index (κ3) is 1.31. The van der Waals surface area contributed by atoms with Gasteiger partial charge in [-0.25, -0.2) is 9.78 Å². The maximum Gasteiger partial charge on any atom is 0.337 e. The lowest BCUT2D eigenvalue weighted by molar-refractivity contribution is 0.0601. The van der Waals surface area contributed by atoms with Crippen LogP contribution in [-0.2, 0) is 11.3 Å².